The first-order chi connectivity index (χ1) is 13.4. The van der Waals surface area contributed by atoms with Crippen LogP contribution in [0, 0.1) is 5.82 Å². The van der Waals surface area contributed by atoms with Gasteiger partial charge in [-0.15, -0.1) is 0 Å². The molecule has 0 radical (unpaired) electrons. The molecule has 1 atom stereocenters. The third-order valence-corrected chi connectivity index (χ3v) is 4.32. The molecule has 0 saturated heterocycles. The molecule has 0 fully saturated rings. The molecule has 1 unspecified atom stereocenters. The topological polar surface area (TPSA) is 53.2 Å². The van der Waals surface area contributed by atoms with Crippen LogP contribution in [0.5, 0.6) is 0 Å². The smallest absolute Gasteiger partial charge is 0.339 e. The molecule has 156 valence electrons. The summed E-state index contributed by atoms with van der Waals surface area (Å²) in [6.45, 7) is 0. The minimum atomic E-state index is -4.54. The van der Waals surface area contributed by atoms with Crippen LogP contribution in [-0.2, 0) is 6.18 Å². The van der Waals surface area contributed by atoms with E-state index in [2.05, 4.69) is 16.0 Å². The molecule has 0 saturated carbocycles. The van der Waals surface area contributed by atoms with Crippen molar-refractivity contribution >= 4 is 63.7 Å². The highest BCUT2D eigenvalue weighted by Crippen LogP contribution is 2.31. The van der Waals surface area contributed by atoms with E-state index >= 15 is 0 Å². The van der Waals surface area contributed by atoms with Crippen LogP contribution in [0.2, 0.25) is 0 Å². The fraction of sp³-hybridized carbons (Fsp3) is 0.176. The largest absolute Gasteiger partial charge is 0.416 e. The van der Waals surface area contributed by atoms with Gasteiger partial charge in [-0.25, -0.2) is 4.39 Å². The number of carbonyl (C=O) groups is 1. The molecule has 12 heteroatoms. The predicted octanol–water partition coefficient (Wildman–Crippen LogP) is 5.26. The number of nitrogens with one attached hydrogen (secondary N) is 3. The van der Waals surface area contributed by atoms with Crippen molar-refractivity contribution in [3.63, 3.8) is 0 Å². The monoisotopic (exact) mass is 487 g/mol. The molecule has 0 aliphatic heterocycles. The lowest BCUT2D eigenvalue weighted by molar-refractivity contribution is -0.137. The first-order valence-electron chi connectivity index (χ1n) is 7.75. The zero-order chi connectivity index (χ0) is 21.8. The van der Waals surface area contributed by atoms with E-state index < -0.39 is 33.4 Å². The number of amides is 1. The summed E-state index contributed by atoms with van der Waals surface area (Å²) >= 11 is 22.5. The second kappa shape index (κ2) is 9.34. The summed E-state index contributed by atoms with van der Waals surface area (Å²) in [6, 6.07) is 9.37. The molecule has 0 spiro atoms. The summed E-state index contributed by atoms with van der Waals surface area (Å²) in [5, 5.41) is 7.00. The fourth-order valence-corrected chi connectivity index (χ4v) is 2.69. The summed E-state index contributed by atoms with van der Waals surface area (Å²) in [6.07, 6.45) is -5.97. The number of hydrogen-bond acceptors (Lipinski definition) is 2. The first kappa shape index (κ1) is 23.5. The molecule has 1 amide bonds. The Kier molecular flexibility index (Phi) is 7.56. The van der Waals surface area contributed by atoms with E-state index in [9.17, 15) is 22.4 Å². The number of alkyl halides is 6. The number of carbonyl (C=O) groups excluding carboxylic acids is 1. The number of anilines is 1. The van der Waals surface area contributed by atoms with Gasteiger partial charge < -0.3 is 16.0 Å². The van der Waals surface area contributed by atoms with Crippen molar-refractivity contribution in [2.24, 2.45) is 0 Å². The Bertz CT molecular complexity index is 906. The van der Waals surface area contributed by atoms with Crippen LogP contribution in [0.25, 0.3) is 0 Å². The van der Waals surface area contributed by atoms with E-state index in [1.54, 1.807) is 0 Å². The molecular formula is C17H12Cl3F4N3OS. The van der Waals surface area contributed by atoms with Crippen LogP contribution < -0.4 is 16.0 Å². The molecule has 0 aliphatic carbocycles. The van der Waals surface area contributed by atoms with Gasteiger partial charge in [0.05, 0.1) is 11.1 Å². The van der Waals surface area contributed by atoms with E-state index in [0.29, 0.717) is 0 Å². The van der Waals surface area contributed by atoms with Crippen molar-refractivity contribution in [3.05, 3.63) is 65.5 Å². The average Bonchev–Trinajstić information content (AvgIpc) is 2.60. The van der Waals surface area contributed by atoms with Crippen LogP contribution in [-0.4, -0.2) is 21.0 Å². The second-order valence-electron chi connectivity index (χ2n) is 5.60. The Morgan fingerprint density at radius 3 is 2.24 bits per heavy atom. The molecule has 3 N–H and O–H groups in total. The Labute approximate surface area is 183 Å². The zero-order valence-corrected chi connectivity index (χ0v) is 17.2. The molecule has 2 rings (SSSR count). The van der Waals surface area contributed by atoms with E-state index in [-0.39, 0.29) is 16.4 Å². The van der Waals surface area contributed by atoms with Crippen LogP contribution in [0.4, 0.5) is 23.2 Å². The van der Waals surface area contributed by atoms with E-state index in [1.807, 2.05) is 0 Å². The number of thiocarbonyl (C=S) groups is 1. The van der Waals surface area contributed by atoms with Gasteiger partial charge in [0.15, 0.2) is 5.11 Å². The number of hydrogen-bond donors (Lipinski definition) is 3. The fourth-order valence-electron chi connectivity index (χ4n) is 2.13. The summed E-state index contributed by atoms with van der Waals surface area (Å²) in [4.78, 5) is 12.3. The maximum atomic E-state index is 13.8. The summed E-state index contributed by atoms with van der Waals surface area (Å²) in [7, 11) is 0. The Morgan fingerprint density at radius 2 is 1.66 bits per heavy atom. The third kappa shape index (κ3) is 6.88. The van der Waals surface area contributed by atoms with Gasteiger partial charge in [0, 0.05) is 5.69 Å². The van der Waals surface area contributed by atoms with Gasteiger partial charge in [-0.2, -0.15) is 13.2 Å². The second-order valence-corrected chi connectivity index (χ2v) is 8.38. The average molecular weight is 489 g/mol. The van der Waals surface area contributed by atoms with Crippen molar-refractivity contribution in [2.45, 2.75) is 16.1 Å². The molecular weight excluding hydrogens is 477 g/mol. The molecule has 0 aromatic heterocycles. The Hall–Kier alpha value is -1.81. The highest BCUT2D eigenvalue weighted by atomic mass is 35.6. The van der Waals surface area contributed by atoms with Crippen molar-refractivity contribution < 1.29 is 22.4 Å². The molecule has 2 aromatic rings. The maximum Gasteiger partial charge on any atom is 0.416 e. The zero-order valence-electron chi connectivity index (χ0n) is 14.2. The van der Waals surface area contributed by atoms with Gasteiger partial charge >= 0.3 is 6.18 Å². The van der Waals surface area contributed by atoms with E-state index in [1.165, 1.54) is 30.3 Å². The van der Waals surface area contributed by atoms with Crippen LogP contribution in [0.15, 0.2) is 48.5 Å². The molecule has 29 heavy (non-hydrogen) atoms. The molecule has 4 nitrogen and oxygen atoms in total. The lowest BCUT2D eigenvalue weighted by Crippen LogP contribution is -2.56. The quantitative estimate of drug-likeness (QED) is 0.238. The third-order valence-electron chi connectivity index (χ3n) is 3.44. The van der Waals surface area contributed by atoms with E-state index in [4.69, 9.17) is 47.0 Å². The molecule has 0 bridgehead atoms. The van der Waals surface area contributed by atoms with Gasteiger partial charge in [-0.05, 0) is 42.5 Å². The molecule has 0 aliphatic rings. The summed E-state index contributed by atoms with van der Waals surface area (Å²) < 4.78 is 50.0. The Balaban J connectivity index is 2.12. The standard InChI is InChI=1S/C17H12Cl3F4N3OS/c18-16(19,20)14(26-13(28)11-6-1-2-7-12(11)21)27-15(29)25-10-5-3-4-9(8-10)17(22,23)24/h1-8,14H,(H,26,28)(H2,25,27,29). The predicted molar refractivity (Wildman–Crippen MR) is 109 cm³/mol. The minimum Gasteiger partial charge on any atom is -0.339 e. The van der Waals surface area contributed by atoms with Gasteiger partial charge in [0.25, 0.3) is 5.91 Å². The van der Waals surface area contributed by atoms with E-state index in [0.717, 1.165) is 18.2 Å². The first-order valence-corrected chi connectivity index (χ1v) is 9.29. The van der Waals surface area contributed by atoms with Crippen molar-refractivity contribution in [1.82, 2.24) is 10.6 Å². The summed E-state index contributed by atoms with van der Waals surface area (Å²) in [5.41, 5.74) is -1.18. The minimum absolute atomic E-state index is 0.0147. The summed E-state index contributed by atoms with van der Waals surface area (Å²) in [5.74, 6) is -1.69. The normalized spacial score (nSPS) is 12.8. The van der Waals surface area contributed by atoms with Crippen LogP contribution in [0.3, 0.4) is 0 Å². The Morgan fingerprint density at radius 1 is 1.00 bits per heavy atom. The number of halogens is 7. The maximum absolute atomic E-state index is 13.8. The van der Waals surface area contributed by atoms with Gasteiger partial charge in [0.2, 0.25) is 3.79 Å². The molecule has 0 heterocycles. The lowest BCUT2D eigenvalue weighted by atomic mass is 10.2. The van der Waals surface area contributed by atoms with Crippen LogP contribution in [0.1, 0.15) is 15.9 Å². The lowest BCUT2D eigenvalue weighted by Gasteiger charge is -2.28. The van der Waals surface area contributed by atoms with Crippen LogP contribution >= 0.6 is 47.0 Å². The highest BCUT2D eigenvalue weighted by molar-refractivity contribution is 7.80. The van der Waals surface area contributed by atoms with Crippen molar-refractivity contribution in [1.29, 1.82) is 0 Å². The van der Waals surface area contributed by atoms with Gasteiger partial charge in [-0.3, -0.25) is 4.79 Å². The highest BCUT2D eigenvalue weighted by Gasteiger charge is 2.35. The van der Waals surface area contributed by atoms with Crippen molar-refractivity contribution in [2.75, 3.05) is 5.32 Å². The van der Waals surface area contributed by atoms with Gasteiger partial charge in [0.1, 0.15) is 12.0 Å². The number of benzene rings is 2. The molecule has 2 aromatic carbocycles. The SMILES string of the molecule is O=C(NC(NC(=S)Nc1cccc(C(F)(F)F)c1)C(Cl)(Cl)Cl)c1ccccc1F. The number of rotatable bonds is 4. The van der Waals surface area contributed by atoms with Crippen molar-refractivity contribution in [3.8, 4) is 0 Å². The van der Waals surface area contributed by atoms with Gasteiger partial charge in [-0.1, -0.05) is 53.0 Å².